The van der Waals surface area contributed by atoms with Gasteiger partial charge in [0.15, 0.2) is 0 Å². The third-order valence-electron chi connectivity index (χ3n) is 3.02. The normalized spacial score (nSPS) is 13.0. The minimum atomic E-state index is 0.345. The van der Waals surface area contributed by atoms with E-state index in [0.29, 0.717) is 11.8 Å². The Kier molecular flexibility index (Phi) is 5.33. The van der Waals surface area contributed by atoms with Crippen molar-refractivity contribution in [3.63, 3.8) is 0 Å². The van der Waals surface area contributed by atoms with Gasteiger partial charge in [-0.15, -0.1) is 0 Å². The van der Waals surface area contributed by atoms with Gasteiger partial charge in [0, 0.05) is 6.04 Å². The summed E-state index contributed by atoms with van der Waals surface area (Å²) in [6.45, 7) is 8.85. The molecule has 0 aliphatic rings. The summed E-state index contributed by atoms with van der Waals surface area (Å²) in [6, 6.07) is 8.09. The fourth-order valence-electron chi connectivity index (χ4n) is 2.22. The van der Waals surface area contributed by atoms with Gasteiger partial charge in [-0.25, -0.2) is 0 Å². The largest absolute Gasteiger partial charge is 0.508 e. The number of benzene rings is 1. The fourth-order valence-corrected chi connectivity index (χ4v) is 2.22. The maximum atomic E-state index is 9.30. The van der Waals surface area contributed by atoms with Crippen molar-refractivity contribution < 1.29 is 5.11 Å². The van der Waals surface area contributed by atoms with Crippen LogP contribution < -0.4 is 0 Å². The topological polar surface area (TPSA) is 23.5 Å². The molecule has 0 saturated carbocycles. The lowest BCUT2D eigenvalue weighted by Gasteiger charge is -2.30. The number of phenolic OH excluding ortho intramolecular Hbond substituents is 1. The van der Waals surface area contributed by atoms with Crippen LogP contribution in [-0.2, 0) is 0 Å². The van der Waals surface area contributed by atoms with Crippen LogP contribution in [0.25, 0.3) is 0 Å². The third kappa shape index (κ3) is 3.24. The van der Waals surface area contributed by atoms with Crippen molar-refractivity contribution in [3.05, 3.63) is 29.8 Å². The first-order valence-electron chi connectivity index (χ1n) is 6.25. The van der Waals surface area contributed by atoms with Crippen LogP contribution in [0, 0.1) is 0 Å². The third-order valence-corrected chi connectivity index (χ3v) is 3.02. The molecule has 0 bridgehead atoms. The van der Waals surface area contributed by atoms with Crippen LogP contribution >= 0.6 is 0 Å². The van der Waals surface area contributed by atoms with E-state index < -0.39 is 0 Å². The molecule has 16 heavy (non-hydrogen) atoms. The molecule has 0 aliphatic heterocycles. The van der Waals surface area contributed by atoms with E-state index in [1.54, 1.807) is 12.1 Å². The SMILES string of the molecule is CCCN(CC)C(CC)c1ccc(O)cc1. The van der Waals surface area contributed by atoms with E-state index in [2.05, 4.69) is 25.7 Å². The highest BCUT2D eigenvalue weighted by molar-refractivity contribution is 5.28. The second-order valence-electron chi connectivity index (χ2n) is 4.14. The predicted octanol–water partition coefficient (Wildman–Crippen LogP) is 3.58. The van der Waals surface area contributed by atoms with Crippen LogP contribution in [0.15, 0.2) is 24.3 Å². The molecule has 0 heterocycles. The first-order chi connectivity index (χ1) is 7.72. The molecule has 2 heteroatoms. The molecule has 1 atom stereocenters. The molecule has 1 aromatic carbocycles. The minimum absolute atomic E-state index is 0.345. The van der Waals surface area contributed by atoms with Gasteiger partial charge in [-0.1, -0.05) is 32.9 Å². The van der Waals surface area contributed by atoms with Crippen molar-refractivity contribution in [1.29, 1.82) is 0 Å². The molecule has 0 aromatic heterocycles. The highest BCUT2D eigenvalue weighted by Gasteiger charge is 2.16. The Balaban J connectivity index is 2.83. The minimum Gasteiger partial charge on any atom is -0.508 e. The van der Waals surface area contributed by atoms with Gasteiger partial charge in [-0.2, -0.15) is 0 Å². The zero-order valence-corrected chi connectivity index (χ0v) is 10.6. The van der Waals surface area contributed by atoms with Gasteiger partial charge in [0.1, 0.15) is 5.75 Å². The maximum Gasteiger partial charge on any atom is 0.115 e. The van der Waals surface area contributed by atoms with E-state index in [9.17, 15) is 5.11 Å². The lowest BCUT2D eigenvalue weighted by atomic mass is 10.0. The summed E-state index contributed by atoms with van der Waals surface area (Å²) in [6.07, 6.45) is 2.29. The summed E-state index contributed by atoms with van der Waals surface area (Å²) in [4.78, 5) is 2.49. The van der Waals surface area contributed by atoms with E-state index in [1.165, 1.54) is 12.0 Å². The number of rotatable bonds is 6. The number of phenols is 1. The summed E-state index contributed by atoms with van der Waals surface area (Å²) < 4.78 is 0. The first-order valence-corrected chi connectivity index (χ1v) is 6.25. The second kappa shape index (κ2) is 6.54. The van der Waals surface area contributed by atoms with Gasteiger partial charge >= 0.3 is 0 Å². The molecule has 1 N–H and O–H groups in total. The van der Waals surface area contributed by atoms with Gasteiger partial charge in [0.05, 0.1) is 0 Å². The van der Waals surface area contributed by atoms with Crippen molar-refractivity contribution in [3.8, 4) is 5.75 Å². The molecule has 1 aromatic rings. The summed E-state index contributed by atoms with van der Waals surface area (Å²) in [5.74, 6) is 0.345. The highest BCUT2D eigenvalue weighted by atomic mass is 16.3. The van der Waals surface area contributed by atoms with Crippen molar-refractivity contribution in [2.24, 2.45) is 0 Å². The summed E-state index contributed by atoms with van der Waals surface area (Å²) in [7, 11) is 0. The monoisotopic (exact) mass is 221 g/mol. The van der Waals surface area contributed by atoms with E-state index in [1.807, 2.05) is 12.1 Å². The Bertz CT molecular complexity index is 294. The molecule has 0 spiro atoms. The van der Waals surface area contributed by atoms with Crippen molar-refractivity contribution in [1.82, 2.24) is 4.90 Å². The summed E-state index contributed by atoms with van der Waals surface area (Å²) in [5, 5.41) is 9.30. The molecule has 1 rings (SSSR count). The Labute approximate surface area is 98.9 Å². The smallest absolute Gasteiger partial charge is 0.115 e. The highest BCUT2D eigenvalue weighted by Crippen LogP contribution is 2.25. The summed E-state index contributed by atoms with van der Waals surface area (Å²) >= 11 is 0. The van der Waals surface area contributed by atoms with Gasteiger partial charge < -0.3 is 5.11 Å². The van der Waals surface area contributed by atoms with Crippen LogP contribution in [0.4, 0.5) is 0 Å². The van der Waals surface area contributed by atoms with Gasteiger partial charge in [-0.05, 0) is 43.6 Å². The number of hydrogen-bond acceptors (Lipinski definition) is 2. The molecule has 1 unspecified atom stereocenters. The average molecular weight is 221 g/mol. The molecule has 90 valence electrons. The zero-order chi connectivity index (χ0) is 12.0. The van der Waals surface area contributed by atoms with Crippen molar-refractivity contribution >= 4 is 0 Å². The van der Waals surface area contributed by atoms with E-state index >= 15 is 0 Å². The van der Waals surface area contributed by atoms with Crippen LogP contribution in [0.5, 0.6) is 5.75 Å². The molecule has 2 nitrogen and oxygen atoms in total. The average Bonchev–Trinajstić information content (AvgIpc) is 2.31. The first kappa shape index (κ1) is 13.0. The van der Waals surface area contributed by atoms with E-state index in [0.717, 1.165) is 19.5 Å². The molecular formula is C14H23NO. The number of hydrogen-bond donors (Lipinski definition) is 1. The molecular weight excluding hydrogens is 198 g/mol. The van der Waals surface area contributed by atoms with Crippen LogP contribution in [0.2, 0.25) is 0 Å². The van der Waals surface area contributed by atoms with Gasteiger partial charge in [-0.3, -0.25) is 4.90 Å². The van der Waals surface area contributed by atoms with Gasteiger partial charge in [0.25, 0.3) is 0 Å². The van der Waals surface area contributed by atoms with Crippen molar-refractivity contribution in [2.75, 3.05) is 13.1 Å². The number of aromatic hydroxyl groups is 1. The quantitative estimate of drug-likeness (QED) is 0.793. The molecule has 0 aliphatic carbocycles. The Morgan fingerprint density at radius 3 is 2.19 bits per heavy atom. The zero-order valence-electron chi connectivity index (χ0n) is 10.6. The Morgan fingerprint density at radius 1 is 1.12 bits per heavy atom. The lowest BCUT2D eigenvalue weighted by molar-refractivity contribution is 0.202. The van der Waals surface area contributed by atoms with Crippen LogP contribution in [-0.4, -0.2) is 23.1 Å². The molecule has 0 amide bonds. The standard InChI is InChI=1S/C14H23NO/c1-4-11-15(6-3)14(5-2)12-7-9-13(16)10-8-12/h7-10,14,16H,4-6,11H2,1-3H3. The maximum absolute atomic E-state index is 9.30. The molecule has 0 saturated heterocycles. The van der Waals surface area contributed by atoms with Crippen LogP contribution in [0.3, 0.4) is 0 Å². The van der Waals surface area contributed by atoms with E-state index in [4.69, 9.17) is 0 Å². The fraction of sp³-hybridized carbons (Fsp3) is 0.571. The van der Waals surface area contributed by atoms with Crippen molar-refractivity contribution in [2.45, 2.75) is 39.7 Å². The number of nitrogens with zero attached hydrogens (tertiary/aromatic N) is 1. The molecule has 0 fully saturated rings. The molecule has 0 radical (unpaired) electrons. The second-order valence-corrected chi connectivity index (χ2v) is 4.14. The van der Waals surface area contributed by atoms with Gasteiger partial charge in [0.2, 0.25) is 0 Å². The lowest BCUT2D eigenvalue weighted by Crippen LogP contribution is -2.29. The Morgan fingerprint density at radius 2 is 1.75 bits per heavy atom. The predicted molar refractivity (Wildman–Crippen MR) is 68.7 cm³/mol. The summed E-state index contributed by atoms with van der Waals surface area (Å²) in [5.41, 5.74) is 1.30. The van der Waals surface area contributed by atoms with E-state index in [-0.39, 0.29) is 0 Å². The van der Waals surface area contributed by atoms with Crippen LogP contribution in [0.1, 0.15) is 45.2 Å². The Hall–Kier alpha value is -1.02.